The van der Waals surface area contributed by atoms with E-state index >= 15 is 0 Å². The van der Waals surface area contributed by atoms with Crippen molar-refractivity contribution < 1.29 is 23.2 Å². The van der Waals surface area contributed by atoms with Crippen molar-refractivity contribution in [3.63, 3.8) is 0 Å². The van der Waals surface area contributed by atoms with Gasteiger partial charge in [-0.25, -0.2) is 0 Å². The SMILES string of the molecule is Cc1ccc(C(=O)Cc2ccc(CN3CCN(C)CC3)c(C(F)(F)F)c2)cc1C#Cc1ccc(C(N)=NO)nc1. The van der Waals surface area contributed by atoms with Gasteiger partial charge in [0, 0.05) is 62.0 Å². The molecule has 3 aromatic rings. The fourth-order valence-corrected chi connectivity index (χ4v) is 4.41. The molecule has 0 spiro atoms. The van der Waals surface area contributed by atoms with Crippen molar-refractivity contribution in [2.45, 2.75) is 26.1 Å². The highest BCUT2D eigenvalue weighted by Gasteiger charge is 2.34. The largest absolute Gasteiger partial charge is 0.416 e. The quantitative estimate of drug-likeness (QED) is 0.120. The molecular formula is C30H30F3N5O2. The molecule has 0 bridgehead atoms. The maximum Gasteiger partial charge on any atom is 0.416 e. The Hall–Kier alpha value is -4.20. The second kappa shape index (κ2) is 12.3. The molecule has 0 aliphatic carbocycles. The monoisotopic (exact) mass is 549 g/mol. The lowest BCUT2D eigenvalue weighted by atomic mass is 9.96. The number of aromatic nitrogens is 1. The number of hydrogen-bond acceptors (Lipinski definition) is 6. The zero-order valence-electron chi connectivity index (χ0n) is 22.3. The smallest absolute Gasteiger partial charge is 0.409 e. The van der Waals surface area contributed by atoms with Gasteiger partial charge in [0.05, 0.1) is 5.56 Å². The Morgan fingerprint density at radius 1 is 1.07 bits per heavy atom. The van der Waals surface area contributed by atoms with Gasteiger partial charge in [0.2, 0.25) is 0 Å². The van der Waals surface area contributed by atoms with Gasteiger partial charge >= 0.3 is 6.18 Å². The lowest BCUT2D eigenvalue weighted by Crippen LogP contribution is -2.44. The number of amidine groups is 1. The van der Waals surface area contributed by atoms with Gasteiger partial charge in [-0.15, -0.1) is 0 Å². The molecule has 4 rings (SSSR count). The average molecular weight is 550 g/mol. The molecule has 1 aliphatic rings. The lowest BCUT2D eigenvalue weighted by molar-refractivity contribution is -0.138. The standard InChI is InChI=1S/C30H30F3N5O2/c1-20-3-7-24(17-23(20)8-4-21-6-10-27(35-18-21)29(34)36-40)28(39)16-22-5-9-25(26(15-22)30(31,32)33)19-38-13-11-37(2)12-14-38/h3,5-7,9-10,15,17-18,40H,11-14,16,19H2,1-2H3,(H2,34,36). The van der Waals surface area contributed by atoms with E-state index in [9.17, 15) is 18.0 Å². The van der Waals surface area contributed by atoms with Gasteiger partial charge in [0.15, 0.2) is 11.6 Å². The van der Waals surface area contributed by atoms with Gasteiger partial charge in [-0.05, 0) is 54.9 Å². The summed E-state index contributed by atoms with van der Waals surface area (Å²) in [6.45, 7) is 5.12. The summed E-state index contributed by atoms with van der Waals surface area (Å²) in [5.41, 5.74) is 8.07. The molecule has 0 amide bonds. The Morgan fingerprint density at radius 3 is 2.48 bits per heavy atom. The number of likely N-dealkylation sites (N-methyl/N-ethyl adjacent to an activating group) is 1. The van der Waals surface area contributed by atoms with E-state index in [2.05, 4.69) is 26.9 Å². The average Bonchev–Trinajstić information content (AvgIpc) is 2.94. The molecule has 7 nitrogen and oxygen atoms in total. The van der Waals surface area contributed by atoms with E-state index < -0.39 is 11.7 Å². The van der Waals surface area contributed by atoms with Crippen molar-refractivity contribution in [2.24, 2.45) is 10.9 Å². The number of nitrogens with two attached hydrogens (primary N) is 1. The van der Waals surface area contributed by atoms with Crippen LogP contribution in [-0.4, -0.2) is 64.8 Å². The minimum atomic E-state index is -4.52. The van der Waals surface area contributed by atoms with Crippen LogP contribution in [0.1, 0.15) is 49.4 Å². The first-order valence-electron chi connectivity index (χ1n) is 12.7. The molecule has 208 valence electrons. The third-order valence-corrected chi connectivity index (χ3v) is 6.87. The van der Waals surface area contributed by atoms with Gasteiger partial charge in [-0.2, -0.15) is 13.2 Å². The van der Waals surface area contributed by atoms with Crippen LogP contribution in [0.2, 0.25) is 0 Å². The van der Waals surface area contributed by atoms with Crippen molar-refractivity contribution in [3.8, 4) is 11.8 Å². The zero-order valence-corrected chi connectivity index (χ0v) is 22.3. The van der Waals surface area contributed by atoms with Gasteiger partial charge in [-0.3, -0.25) is 14.7 Å². The van der Waals surface area contributed by atoms with Crippen molar-refractivity contribution >= 4 is 11.6 Å². The summed E-state index contributed by atoms with van der Waals surface area (Å²) in [5, 5.41) is 11.6. The third kappa shape index (κ3) is 7.25. The normalized spacial score (nSPS) is 15.0. The van der Waals surface area contributed by atoms with Crippen LogP contribution in [0, 0.1) is 18.8 Å². The number of piperazine rings is 1. The summed E-state index contributed by atoms with van der Waals surface area (Å²) in [4.78, 5) is 21.3. The molecule has 1 saturated heterocycles. The molecule has 2 heterocycles. The van der Waals surface area contributed by atoms with E-state index in [0.29, 0.717) is 41.0 Å². The van der Waals surface area contributed by atoms with Crippen LogP contribution < -0.4 is 5.73 Å². The van der Waals surface area contributed by atoms with Crippen molar-refractivity contribution in [1.29, 1.82) is 0 Å². The summed E-state index contributed by atoms with van der Waals surface area (Å²) in [5.74, 6) is 5.57. The number of carbonyl (C=O) groups excluding carboxylic acids is 1. The molecule has 0 unspecified atom stereocenters. The first-order chi connectivity index (χ1) is 19.0. The molecule has 40 heavy (non-hydrogen) atoms. The number of halogens is 3. The molecule has 1 aromatic heterocycles. The number of alkyl halides is 3. The molecular weight excluding hydrogens is 519 g/mol. The highest BCUT2D eigenvalue weighted by atomic mass is 19.4. The van der Waals surface area contributed by atoms with E-state index in [1.165, 1.54) is 12.3 Å². The zero-order chi connectivity index (χ0) is 28.9. The number of oxime groups is 1. The molecule has 0 radical (unpaired) electrons. The fourth-order valence-electron chi connectivity index (χ4n) is 4.41. The number of aryl methyl sites for hydroxylation is 1. The van der Waals surface area contributed by atoms with Crippen molar-refractivity contribution in [1.82, 2.24) is 14.8 Å². The number of ketones is 1. The highest BCUT2D eigenvalue weighted by Crippen LogP contribution is 2.34. The topological polar surface area (TPSA) is 95.1 Å². The summed E-state index contributed by atoms with van der Waals surface area (Å²) >= 11 is 0. The van der Waals surface area contributed by atoms with E-state index in [1.54, 1.807) is 36.4 Å². The van der Waals surface area contributed by atoms with E-state index in [-0.39, 0.29) is 30.1 Å². The Bertz CT molecular complexity index is 1470. The van der Waals surface area contributed by atoms with Crippen molar-refractivity contribution in [3.05, 3.63) is 99.4 Å². The Labute approximate surface area is 231 Å². The van der Waals surface area contributed by atoms with E-state index in [1.807, 2.05) is 18.9 Å². The van der Waals surface area contributed by atoms with E-state index in [0.717, 1.165) is 24.7 Å². The van der Waals surface area contributed by atoms with Crippen molar-refractivity contribution in [2.75, 3.05) is 33.2 Å². The fraction of sp³-hybridized carbons (Fsp3) is 0.300. The Balaban J connectivity index is 1.51. The summed E-state index contributed by atoms with van der Waals surface area (Å²) in [6.07, 6.45) is -3.19. The number of benzene rings is 2. The number of nitrogens with zero attached hydrogens (tertiary/aromatic N) is 4. The summed E-state index contributed by atoms with van der Waals surface area (Å²) in [6, 6.07) is 12.5. The number of Topliss-reactive ketones (excluding diaryl/α,β-unsaturated/α-hetero) is 1. The van der Waals surface area contributed by atoms with Gasteiger partial charge < -0.3 is 15.8 Å². The Morgan fingerprint density at radius 2 is 1.82 bits per heavy atom. The number of carbonyl (C=O) groups is 1. The van der Waals surface area contributed by atoms with Gasteiger partial charge in [-0.1, -0.05) is 41.3 Å². The summed E-state index contributed by atoms with van der Waals surface area (Å²) in [7, 11) is 2.00. The van der Waals surface area contributed by atoms with Crippen LogP contribution in [0.15, 0.2) is 59.9 Å². The molecule has 1 fully saturated rings. The van der Waals surface area contributed by atoms with Crippen LogP contribution in [0.5, 0.6) is 0 Å². The number of pyridine rings is 1. The minimum absolute atomic E-state index is 0.117. The van der Waals surface area contributed by atoms with Crippen LogP contribution in [0.25, 0.3) is 0 Å². The minimum Gasteiger partial charge on any atom is -0.409 e. The predicted molar refractivity (Wildman–Crippen MR) is 146 cm³/mol. The molecule has 10 heteroatoms. The molecule has 1 aliphatic heterocycles. The first-order valence-corrected chi connectivity index (χ1v) is 12.7. The molecule has 2 aromatic carbocycles. The maximum atomic E-state index is 14.0. The predicted octanol–water partition coefficient (Wildman–Crippen LogP) is 4.08. The molecule has 3 N–H and O–H groups in total. The number of rotatable bonds is 6. The first kappa shape index (κ1) is 28.8. The van der Waals surface area contributed by atoms with Gasteiger partial charge in [0.1, 0.15) is 5.69 Å². The highest BCUT2D eigenvalue weighted by molar-refractivity contribution is 5.98. The van der Waals surface area contributed by atoms with Crippen LogP contribution in [0.3, 0.4) is 0 Å². The van der Waals surface area contributed by atoms with Crippen LogP contribution >= 0.6 is 0 Å². The Kier molecular flexibility index (Phi) is 8.87. The third-order valence-electron chi connectivity index (χ3n) is 6.87. The maximum absolute atomic E-state index is 14.0. The van der Waals surface area contributed by atoms with E-state index in [4.69, 9.17) is 10.9 Å². The second-order valence-electron chi connectivity index (χ2n) is 9.87. The van der Waals surface area contributed by atoms with Crippen LogP contribution in [-0.2, 0) is 19.1 Å². The lowest BCUT2D eigenvalue weighted by Gasteiger charge is -2.33. The molecule has 0 saturated carbocycles. The number of hydrogen-bond donors (Lipinski definition) is 2. The van der Waals surface area contributed by atoms with Gasteiger partial charge in [0.25, 0.3) is 0 Å². The van der Waals surface area contributed by atoms with Crippen LogP contribution in [0.4, 0.5) is 13.2 Å². The second-order valence-corrected chi connectivity index (χ2v) is 9.87. The summed E-state index contributed by atoms with van der Waals surface area (Å²) < 4.78 is 41.9. The molecule has 0 atom stereocenters.